The Morgan fingerprint density at radius 2 is 1.76 bits per heavy atom. The van der Waals surface area contributed by atoms with E-state index in [0.717, 1.165) is 6.04 Å². The summed E-state index contributed by atoms with van der Waals surface area (Å²) in [6, 6.07) is 0.788. The summed E-state index contributed by atoms with van der Waals surface area (Å²) in [7, 11) is 2.25. The number of hydrogen-bond acceptors (Lipinski definition) is 2. The fraction of sp³-hybridized carbons (Fsp3) is 1.00. The van der Waals surface area contributed by atoms with E-state index in [0.29, 0.717) is 0 Å². The van der Waals surface area contributed by atoms with Crippen molar-refractivity contribution >= 4 is 0 Å². The minimum atomic E-state index is 0.788. The van der Waals surface area contributed by atoms with E-state index in [2.05, 4.69) is 24.2 Å². The summed E-state index contributed by atoms with van der Waals surface area (Å²) in [5, 5.41) is 3.75. The minimum absolute atomic E-state index is 0.788. The minimum Gasteiger partial charge on any atom is -0.314 e. The number of rotatable bonds is 8. The molecule has 2 heteroatoms. The largest absolute Gasteiger partial charge is 0.314 e. The van der Waals surface area contributed by atoms with Crippen molar-refractivity contribution in [3.8, 4) is 0 Å². The van der Waals surface area contributed by atoms with Crippen LogP contribution in [0, 0.1) is 0 Å². The molecule has 1 saturated heterocycles. The van der Waals surface area contributed by atoms with Crippen LogP contribution in [0.1, 0.15) is 64.7 Å². The Balaban J connectivity index is 1.91. The molecule has 0 saturated carbocycles. The van der Waals surface area contributed by atoms with E-state index in [4.69, 9.17) is 0 Å². The van der Waals surface area contributed by atoms with Crippen molar-refractivity contribution < 1.29 is 0 Å². The zero-order valence-electron chi connectivity index (χ0n) is 12.0. The number of nitrogens with zero attached hydrogens (tertiary/aromatic N) is 1. The van der Waals surface area contributed by atoms with Crippen molar-refractivity contribution in [1.29, 1.82) is 0 Å². The molecule has 17 heavy (non-hydrogen) atoms. The van der Waals surface area contributed by atoms with Crippen LogP contribution in [-0.2, 0) is 0 Å². The topological polar surface area (TPSA) is 15.3 Å². The summed E-state index contributed by atoms with van der Waals surface area (Å²) >= 11 is 0. The van der Waals surface area contributed by atoms with Crippen LogP contribution >= 0.6 is 0 Å². The van der Waals surface area contributed by atoms with Gasteiger partial charge in [0.1, 0.15) is 0 Å². The number of nitrogens with one attached hydrogen (secondary N) is 1. The molecule has 0 aromatic heterocycles. The van der Waals surface area contributed by atoms with Crippen molar-refractivity contribution in [3.63, 3.8) is 0 Å². The SMILES string of the molecule is CCCCCCCCNC1CCCN(C)CC1. The first-order chi connectivity index (χ1) is 8.33. The lowest BCUT2D eigenvalue weighted by Gasteiger charge is -2.16. The number of hydrogen-bond donors (Lipinski definition) is 1. The van der Waals surface area contributed by atoms with E-state index in [1.54, 1.807) is 0 Å². The average Bonchev–Trinajstić information content (AvgIpc) is 2.53. The third kappa shape index (κ3) is 7.77. The molecular weight excluding hydrogens is 208 g/mol. The molecule has 1 fully saturated rings. The zero-order chi connectivity index (χ0) is 12.3. The van der Waals surface area contributed by atoms with Crippen LogP contribution in [0.4, 0.5) is 0 Å². The Labute approximate surface area is 108 Å². The lowest BCUT2D eigenvalue weighted by atomic mass is 10.1. The van der Waals surface area contributed by atoms with E-state index in [1.807, 2.05) is 0 Å². The Bertz CT molecular complexity index is 170. The molecule has 1 heterocycles. The molecule has 102 valence electrons. The van der Waals surface area contributed by atoms with E-state index in [9.17, 15) is 0 Å². The average molecular weight is 240 g/mol. The predicted molar refractivity (Wildman–Crippen MR) is 76.5 cm³/mol. The van der Waals surface area contributed by atoms with Gasteiger partial charge in [-0.2, -0.15) is 0 Å². The van der Waals surface area contributed by atoms with Crippen molar-refractivity contribution in [2.75, 3.05) is 26.7 Å². The monoisotopic (exact) mass is 240 g/mol. The number of unbranched alkanes of at least 4 members (excludes halogenated alkanes) is 5. The molecule has 0 aliphatic carbocycles. The quantitative estimate of drug-likeness (QED) is 0.654. The molecule has 0 amide bonds. The molecular formula is C15H32N2. The molecule has 0 bridgehead atoms. The highest BCUT2D eigenvalue weighted by Crippen LogP contribution is 2.10. The first kappa shape index (κ1) is 15.0. The van der Waals surface area contributed by atoms with Gasteiger partial charge in [0, 0.05) is 6.04 Å². The predicted octanol–water partition coefficient (Wildman–Crippen LogP) is 3.42. The molecule has 0 radical (unpaired) electrons. The number of likely N-dealkylation sites (tertiary alicyclic amines) is 1. The maximum absolute atomic E-state index is 3.75. The van der Waals surface area contributed by atoms with Gasteiger partial charge in [-0.15, -0.1) is 0 Å². The van der Waals surface area contributed by atoms with E-state index in [-0.39, 0.29) is 0 Å². The Morgan fingerprint density at radius 3 is 2.59 bits per heavy atom. The fourth-order valence-corrected chi connectivity index (χ4v) is 2.66. The Morgan fingerprint density at radius 1 is 1.00 bits per heavy atom. The van der Waals surface area contributed by atoms with Crippen LogP contribution < -0.4 is 5.32 Å². The van der Waals surface area contributed by atoms with Gasteiger partial charge >= 0.3 is 0 Å². The maximum Gasteiger partial charge on any atom is 0.00797 e. The summed E-state index contributed by atoms with van der Waals surface area (Å²) < 4.78 is 0. The van der Waals surface area contributed by atoms with Gasteiger partial charge in [0.15, 0.2) is 0 Å². The van der Waals surface area contributed by atoms with Crippen LogP contribution in [0.2, 0.25) is 0 Å². The van der Waals surface area contributed by atoms with E-state index in [1.165, 1.54) is 77.4 Å². The van der Waals surface area contributed by atoms with Gasteiger partial charge in [0.2, 0.25) is 0 Å². The summed E-state index contributed by atoms with van der Waals surface area (Å²) in [5.41, 5.74) is 0. The highest BCUT2D eigenvalue weighted by Gasteiger charge is 2.13. The molecule has 1 atom stereocenters. The molecule has 1 aliphatic rings. The van der Waals surface area contributed by atoms with Gasteiger partial charge in [-0.1, -0.05) is 39.0 Å². The lowest BCUT2D eigenvalue weighted by molar-refractivity contribution is 0.343. The standard InChI is InChI=1S/C15H32N2/c1-3-4-5-6-7-8-12-16-15-10-9-13-17(2)14-11-15/h15-16H,3-14H2,1-2H3. The van der Waals surface area contributed by atoms with Crippen LogP contribution in [0.5, 0.6) is 0 Å². The molecule has 1 aliphatic heterocycles. The highest BCUT2D eigenvalue weighted by atomic mass is 15.1. The molecule has 1 unspecified atom stereocenters. The Hall–Kier alpha value is -0.0800. The fourth-order valence-electron chi connectivity index (χ4n) is 2.66. The van der Waals surface area contributed by atoms with Crippen LogP contribution in [0.15, 0.2) is 0 Å². The van der Waals surface area contributed by atoms with Gasteiger partial charge in [-0.25, -0.2) is 0 Å². The smallest absolute Gasteiger partial charge is 0.00797 e. The van der Waals surface area contributed by atoms with Gasteiger partial charge in [-0.05, 0) is 52.4 Å². The van der Waals surface area contributed by atoms with Crippen molar-refractivity contribution in [1.82, 2.24) is 10.2 Å². The second-order valence-electron chi connectivity index (χ2n) is 5.65. The van der Waals surface area contributed by atoms with Gasteiger partial charge in [0.25, 0.3) is 0 Å². The highest BCUT2D eigenvalue weighted by molar-refractivity contribution is 4.73. The molecule has 1 N–H and O–H groups in total. The van der Waals surface area contributed by atoms with E-state index >= 15 is 0 Å². The summed E-state index contributed by atoms with van der Waals surface area (Å²) in [6.45, 7) is 6.08. The van der Waals surface area contributed by atoms with E-state index < -0.39 is 0 Å². The van der Waals surface area contributed by atoms with Crippen LogP contribution in [-0.4, -0.2) is 37.6 Å². The molecule has 1 rings (SSSR count). The third-order valence-corrected chi connectivity index (χ3v) is 3.92. The van der Waals surface area contributed by atoms with Gasteiger partial charge < -0.3 is 10.2 Å². The molecule has 2 nitrogen and oxygen atoms in total. The summed E-state index contributed by atoms with van der Waals surface area (Å²) in [5.74, 6) is 0. The van der Waals surface area contributed by atoms with Crippen molar-refractivity contribution in [3.05, 3.63) is 0 Å². The van der Waals surface area contributed by atoms with Crippen molar-refractivity contribution in [2.24, 2.45) is 0 Å². The first-order valence-electron chi connectivity index (χ1n) is 7.75. The van der Waals surface area contributed by atoms with Gasteiger partial charge in [-0.3, -0.25) is 0 Å². The second kappa shape index (κ2) is 9.90. The van der Waals surface area contributed by atoms with Crippen molar-refractivity contribution in [2.45, 2.75) is 70.8 Å². The van der Waals surface area contributed by atoms with Crippen LogP contribution in [0.25, 0.3) is 0 Å². The van der Waals surface area contributed by atoms with Gasteiger partial charge in [0.05, 0.1) is 0 Å². The third-order valence-electron chi connectivity index (χ3n) is 3.92. The second-order valence-corrected chi connectivity index (χ2v) is 5.65. The zero-order valence-corrected chi connectivity index (χ0v) is 12.0. The molecule has 0 spiro atoms. The van der Waals surface area contributed by atoms with Crippen LogP contribution in [0.3, 0.4) is 0 Å². The lowest BCUT2D eigenvalue weighted by Crippen LogP contribution is -2.31. The summed E-state index contributed by atoms with van der Waals surface area (Å²) in [4.78, 5) is 2.46. The molecule has 0 aromatic rings. The molecule has 0 aromatic carbocycles. The normalized spacial score (nSPS) is 22.6. The Kier molecular flexibility index (Phi) is 8.72. The first-order valence-corrected chi connectivity index (χ1v) is 7.75. The summed E-state index contributed by atoms with van der Waals surface area (Å²) in [6.07, 6.45) is 12.5. The maximum atomic E-state index is 3.75.